The zero-order chi connectivity index (χ0) is 14.3. The van der Waals surface area contributed by atoms with E-state index in [0.717, 1.165) is 0 Å². The lowest BCUT2D eigenvalue weighted by Crippen LogP contribution is -2.37. The van der Waals surface area contributed by atoms with Crippen LogP contribution in [0.1, 0.15) is 37.6 Å². The number of aromatic nitrogens is 1. The maximum Gasteiger partial charge on any atom is 0.257 e. The molecule has 0 fully saturated rings. The first-order valence-corrected chi connectivity index (χ1v) is 6.58. The van der Waals surface area contributed by atoms with E-state index in [2.05, 4.69) is 10.3 Å². The number of ether oxygens (including phenoxy) is 1. The lowest BCUT2D eigenvalue weighted by Gasteiger charge is -2.16. The van der Waals surface area contributed by atoms with Crippen molar-refractivity contribution in [2.24, 2.45) is 5.92 Å². The Bertz CT molecular complexity index is 403. The molecular weight excluding hydrogens is 244 g/mol. The summed E-state index contributed by atoms with van der Waals surface area (Å²) in [5, 5.41) is 11.9. The molecular formula is C14H22N2O3. The predicted molar refractivity (Wildman–Crippen MR) is 73.2 cm³/mol. The average Bonchev–Trinajstić information content (AvgIpc) is 2.42. The molecule has 0 radical (unpaired) electrons. The first-order valence-electron chi connectivity index (χ1n) is 6.58. The molecule has 0 aliphatic rings. The molecule has 19 heavy (non-hydrogen) atoms. The summed E-state index contributed by atoms with van der Waals surface area (Å²) in [6.45, 7) is 6.39. The largest absolute Gasteiger partial charge is 0.477 e. The highest BCUT2D eigenvalue weighted by Crippen LogP contribution is 2.15. The van der Waals surface area contributed by atoms with Crippen LogP contribution >= 0.6 is 0 Å². The van der Waals surface area contributed by atoms with Gasteiger partial charge >= 0.3 is 0 Å². The van der Waals surface area contributed by atoms with Gasteiger partial charge in [-0.1, -0.05) is 20.8 Å². The molecule has 106 valence electrons. The Morgan fingerprint density at radius 1 is 1.53 bits per heavy atom. The SMILES string of the molecule is CCC(CO)NC(=O)c1cccnc1OCC(C)C. The first kappa shape index (κ1) is 15.4. The van der Waals surface area contributed by atoms with Gasteiger partial charge in [-0.25, -0.2) is 4.98 Å². The molecule has 0 aliphatic carbocycles. The number of nitrogens with one attached hydrogen (secondary N) is 1. The van der Waals surface area contributed by atoms with Gasteiger partial charge in [-0.3, -0.25) is 4.79 Å². The van der Waals surface area contributed by atoms with E-state index in [-0.39, 0.29) is 18.6 Å². The van der Waals surface area contributed by atoms with Crippen LogP contribution in [0.2, 0.25) is 0 Å². The second kappa shape index (κ2) is 7.74. The smallest absolute Gasteiger partial charge is 0.257 e. The topological polar surface area (TPSA) is 71.5 Å². The van der Waals surface area contributed by atoms with Gasteiger partial charge in [0.2, 0.25) is 5.88 Å². The lowest BCUT2D eigenvalue weighted by molar-refractivity contribution is 0.0909. The summed E-state index contributed by atoms with van der Waals surface area (Å²) in [7, 11) is 0. The number of hydrogen-bond donors (Lipinski definition) is 2. The van der Waals surface area contributed by atoms with Crippen LogP contribution < -0.4 is 10.1 Å². The van der Waals surface area contributed by atoms with Gasteiger partial charge in [-0.2, -0.15) is 0 Å². The minimum absolute atomic E-state index is 0.0787. The van der Waals surface area contributed by atoms with Gasteiger partial charge in [-0.15, -0.1) is 0 Å². The molecule has 1 aromatic rings. The van der Waals surface area contributed by atoms with E-state index in [0.29, 0.717) is 30.4 Å². The number of aliphatic hydroxyl groups is 1. The van der Waals surface area contributed by atoms with Crippen LogP contribution in [0, 0.1) is 5.92 Å². The summed E-state index contributed by atoms with van der Waals surface area (Å²) in [5.74, 6) is 0.424. The summed E-state index contributed by atoms with van der Waals surface area (Å²) >= 11 is 0. The number of pyridine rings is 1. The molecule has 0 spiro atoms. The van der Waals surface area contributed by atoms with Gasteiger partial charge in [-0.05, 0) is 24.5 Å². The van der Waals surface area contributed by atoms with Gasteiger partial charge in [0.05, 0.1) is 19.3 Å². The normalized spacial score (nSPS) is 12.3. The van der Waals surface area contributed by atoms with E-state index in [1.807, 2.05) is 20.8 Å². The molecule has 0 aliphatic heterocycles. The molecule has 1 aromatic heterocycles. The van der Waals surface area contributed by atoms with Crippen LogP contribution in [0.5, 0.6) is 5.88 Å². The van der Waals surface area contributed by atoms with Crippen LogP contribution in [-0.4, -0.2) is 35.3 Å². The molecule has 0 aromatic carbocycles. The van der Waals surface area contributed by atoms with E-state index in [1.165, 1.54) is 0 Å². The first-order chi connectivity index (χ1) is 9.08. The van der Waals surface area contributed by atoms with Gasteiger partial charge in [0.15, 0.2) is 0 Å². The monoisotopic (exact) mass is 266 g/mol. The van der Waals surface area contributed by atoms with Crippen LogP contribution in [0.25, 0.3) is 0 Å². The highest BCUT2D eigenvalue weighted by Gasteiger charge is 2.16. The van der Waals surface area contributed by atoms with Crippen molar-refractivity contribution in [2.75, 3.05) is 13.2 Å². The van der Waals surface area contributed by atoms with Crippen molar-refractivity contribution in [1.29, 1.82) is 0 Å². The Morgan fingerprint density at radius 3 is 2.84 bits per heavy atom. The third kappa shape index (κ3) is 4.87. The molecule has 2 N–H and O–H groups in total. The molecule has 0 saturated heterocycles. The fraction of sp³-hybridized carbons (Fsp3) is 0.571. The summed E-state index contributed by atoms with van der Waals surface area (Å²) in [5.41, 5.74) is 0.398. The number of hydrogen-bond acceptors (Lipinski definition) is 4. The van der Waals surface area contributed by atoms with Crippen molar-refractivity contribution in [3.63, 3.8) is 0 Å². The van der Waals surface area contributed by atoms with Gasteiger partial charge in [0.1, 0.15) is 5.56 Å². The van der Waals surface area contributed by atoms with Crippen LogP contribution in [0.3, 0.4) is 0 Å². The third-order valence-electron chi connectivity index (χ3n) is 2.62. The summed E-state index contributed by atoms with van der Waals surface area (Å²) in [6.07, 6.45) is 2.26. The molecule has 1 amide bonds. The second-order valence-electron chi connectivity index (χ2n) is 4.82. The fourth-order valence-electron chi connectivity index (χ4n) is 1.46. The van der Waals surface area contributed by atoms with Crippen LogP contribution in [0.4, 0.5) is 0 Å². The number of nitrogens with zero attached hydrogens (tertiary/aromatic N) is 1. The molecule has 0 bridgehead atoms. The van der Waals surface area contributed by atoms with Crippen molar-refractivity contribution >= 4 is 5.91 Å². The van der Waals surface area contributed by atoms with Crippen LogP contribution in [-0.2, 0) is 0 Å². The van der Waals surface area contributed by atoms with E-state index in [1.54, 1.807) is 18.3 Å². The quantitative estimate of drug-likeness (QED) is 0.786. The zero-order valence-corrected chi connectivity index (χ0v) is 11.7. The molecule has 5 heteroatoms. The van der Waals surface area contributed by atoms with Gasteiger partial charge < -0.3 is 15.2 Å². The highest BCUT2D eigenvalue weighted by molar-refractivity contribution is 5.96. The standard InChI is InChI=1S/C14H22N2O3/c1-4-11(8-17)16-13(18)12-6-5-7-15-14(12)19-9-10(2)3/h5-7,10-11,17H,4,8-9H2,1-3H3,(H,16,18). The fourth-order valence-corrected chi connectivity index (χ4v) is 1.46. The van der Waals surface area contributed by atoms with Crippen molar-refractivity contribution in [3.8, 4) is 5.88 Å². The van der Waals surface area contributed by atoms with Crippen molar-refractivity contribution in [3.05, 3.63) is 23.9 Å². The van der Waals surface area contributed by atoms with Gasteiger partial charge in [0.25, 0.3) is 5.91 Å². The molecule has 1 atom stereocenters. The lowest BCUT2D eigenvalue weighted by atomic mass is 10.2. The van der Waals surface area contributed by atoms with E-state index in [4.69, 9.17) is 9.84 Å². The average molecular weight is 266 g/mol. The predicted octanol–water partition coefficient (Wildman–Crippen LogP) is 1.62. The van der Waals surface area contributed by atoms with Crippen molar-refractivity contribution in [1.82, 2.24) is 10.3 Å². The Kier molecular flexibility index (Phi) is 6.29. The van der Waals surface area contributed by atoms with Crippen molar-refractivity contribution in [2.45, 2.75) is 33.2 Å². The van der Waals surface area contributed by atoms with Gasteiger partial charge in [0, 0.05) is 6.20 Å². The van der Waals surface area contributed by atoms with E-state index in [9.17, 15) is 4.79 Å². The van der Waals surface area contributed by atoms with E-state index < -0.39 is 0 Å². The minimum atomic E-state index is -0.271. The maximum atomic E-state index is 12.1. The molecule has 0 saturated carbocycles. The number of amides is 1. The summed E-state index contributed by atoms with van der Waals surface area (Å²) < 4.78 is 5.53. The zero-order valence-electron chi connectivity index (χ0n) is 11.7. The minimum Gasteiger partial charge on any atom is -0.477 e. The number of aliphatic hydroxyl groups excluding tert-OH is 1. The Morgan fingerprint density at radius 2 is 2.26 bits per heavy atom. The Labute approximate surface area is 114 Å². The highest BCUT2D eigenvalue weighted by atomic mass is 16.5. The second-order valence-corrected chi connectivity index (χ2v) is 4.82. The maximum absolute atomic E-state index is 12.1. The molecule has 5 nitrogen and oxygen atoms in total. The van der Waals surface area contributed by atoms with Crippen molar-refractivity contribution < 1.29 is 14.6 Å². The molecule has 1 rings (SSSR count). The number of rotatable bonds is 7. The number of carbonyl (C=O) groups excluding carboxylic acids is 1. The van der Waals surface area contributed by atoms with E-state index >= 15 is 0 Å². The Balaban J connectivity index is 2.78. The Hall–Kier alpha value is -1.62. The van der Waals surface area contributed by atoms with Crippen LogP contribution in [0.15, 0.2) is 18.3 Å². The molecule has 1 unspecified atom stereocenters. The third-order valence-corrected chi connectivity index (χ3v) is 2.62. The number of carbonyl (C=O) groups is 1. The summed E-state index contributed by atoms with van der Waals surface area (Å²) in [4.78, 5) is 16.2. The molecule has 1 heterocycles. The summed E-state index contributed by atoms with van der Waals surface area (Å²) in [6, 6.07) is 3.12.